The minimum Gasteiger partial charge on any atom is -0.321 e. The molecule has 0 saturated heterocycles. The Morgan fingerprint density at radius 2 is 1.49 bits per heavy atom. The molecule has 1 unspecified atom stereocenters. The molecule has 0 aliphatic heterocycles. The first-order valence-electron chi connectivity index (χ1n) is 16.0. The van der Waals surface area contributed by atoms with Crippen LogP contribution in [-0.2, 0) is 9.59 Å². The van der Waals surface area contributed by atoms with E-state index in [1.807, 2.05) is 117 Å². The van der Waals surface area contributed by atoms with Crippen molar-refractivity contribution in [2.75, 3.05) is 10.6 Å². The highest BCUT2D eigenvalue weighted by Crippen LogP contribution is 2.38. The van der Waals surface area contributed by atoms with E-state index in [0.29, 0.717) is 16.4 Å². The fourth-order valence-electron chi connectivity index (χ4n) is 5.19. The Bertz CT molecular complexity index is 2200. The van der Waals surface area contributed by atoms with Crippen LogP contribution < -0.4 is 16.0 Å². The van der Waals surface area contributed by atoms with Gasteiger partial charge in [0.15, 0.2) is 5.13 Å². The molecule has 1 atom stereocenters. The average Bonchev–Trinajstić information content (AvgIpc) is 3.50. The summed E-state index contributed by atoms with van der Waals surface area (Å²) in [6.07, 6.45) is 1.62. The van der Waals surface area contributed by atoms with E-state index >= 15 is 0 Å². The number of rotatable bonds is 11. The number of halogens is 1. The molecule has 3 N–H and O–H groups in total. The summed E-state index contributed by atoms with van der Waals surface area (Å²) in [5.41, 5.74) is 5.56. The molecule has 6 aromatic rings. The summed E-state index contributed by atoms with van der Waals surface area (Å²) in [4.78, 5) is 47.2. The number of nitrogens with one attached hydrogen (secondary N) is 3. The molecule has 6 rings (SSSR count). The van der Waals surface area contributed by atoms with Gasteiger partial charge in [-0.05, 0) is 73.5 Å². The third-order valence-electron chi connectivity index (χ3n) is 7.73. The van der Waals surface area contributed by atoms with E-state index in [2.05, 4.69) is 31.9 Å². The maximum absolute atomic E-state index is 13.9. The molecule has 0 saturated carbocycles. The minimum atomic E-state index is -0.610. The van der Waals surface area contributed by atoms with Crippen LogP contribution in [0.1, 0.15) is 37.2 Å². The quantitative estimate of drug-likeness (QED) is 0.0900. The second kappa shape index (κ2) is 16.6. The number of aryl methyl sites for hydroxylation is 2. The largest absolute Gasteiger partial charge is 0.321 e. The van der Waals surface area contributed by atoms with Gasteiger partial charge in [0.25, 0.3) is 11.8 Å². The summed E-state index contributed by atoms with van der Waals surface area (Å²) >= 11 is 6.27. The zero-order valence-electron chi connectivity index (χ0n) is 27.7. The summed E-state index contributed by atoms with van der Waals surface area (Å²) in [5, 5.41) is 8.67. The zero-order chi connectivity index (χ0) is 35.7. The number of aromatic nitrogens is 1. The molecule has 0 radical (unpaired) electrons. The van der Waals surface area contributed by atoms with Gasteiger partial charge in [-0.15, -0.1) is 23.1 Å². The van der Waals surface area contributed by atoms with Gasteiger partial charge < -0.3 is 16.0 Å². The van der Waals surface area contributed by atoms with Gasteiger partial charge in [-0.25, -0.2) is 4.98 Å². The fourth-order valence-corrected chi connectivity index (χ4v) is 7.53. The molecule has 10 heteroatoms. The normalized spacial score (nSPS) is 11.8. The van der Waals surface area contributed by atoms with Crippen molar-refractivity contribution in [3.8, 4) is 11.3 Å². The topological polar surface area (TPSA) is 100 Å². The first-order chi connectivity index (χ1) is 24.7. The summed E-state index contributed by atoms with van der Waals surface area (Å²) < 4.78 is 0.837. The smallest absolute Gasteiger partial charge is 0.272 e. The van der Waals surface area contributed by atoms with Crippen LogP contribution in [0.4, 0.5) is 10.8 Å². The molecular formula is C41H33BrN4O3S2. The molecular weight excluding hydrogens is 741 g/mol. The van der Waals surface area contributed by atoms with Gasteiger partial charge in [0.2, 0.25) is 5.91 Å². The number of hydrogen-bond donors (Lipinski definition) is 3. The lowest BCUT2D eigenvalue weighted by Crippen LogP contribution is -2.30. The number of thioether (sulfide) groups is 1. The van der Waals surface area contributed by atoms with E-state index < -0.39 is 17.1 Å². The summed E-state index contributed by atoms with van der Waals surface area (Å²) in [6.45, 7) is 4.04. The summed E-state index contributed by atoms with van der Waals surface area (Å²) in [5.74, 6) is -1.12. The first kappa shape index (κ1) is 35.5. The SMILES string of the molecule is Cc1ccc(-c2nc(NC(=O)C(Sc3cccc(NC(=O)/C(=C\c4cccc(Br)c4)NC(=O)c4ccccc4)c3)c3ccccc3)sc2C)cc1. The highest BCUT2D eigenvalue weighted by Gasteiger charge is 2.24. The van der Waals surface area contributed by atoms with Crippen LogP contribution in [0.25, 0.3) is 17.3 Å². The van der Waals surface area contributed by atoms with E-state index in [1.165, 1.54) is 28.7 Å². The lowest BCUT2D eigenvalue weighted by atomic mass is 10.1. The molecule has 0 fully saturated rings. The van der Waals surface area contributed by atoms with E-state index in [4.69, 9.17) is 4.98 Å². The molecule has 5 aromatic carbocycles. The third kappa shape index (κ3) is 9.49. The van der Waals surface area contributed by atoms with Gasteiger partial charge in [0.05, 0.1) is 5.69 Å². The Hall–Kier alpha value is -5.29. The number of hydrogen-bond acceptors (Lipinski definition) is 6. The predicted octanol–water partition coefficient (Wildman–Crippen LogP) is 10.1. The Kier molecular flexibility index (Phi) is 11.6. The molecule has 0 aliphatic rings. The highest BCUT2D eigenvalue weighted by atomic mass is 79.9. The fraction of sp³-hybridized carbons (Fsp3) is 0.0732. The van der Waals surface area contributed by atoms with Gasteiger partial charge in [0, 0.05) is 31.1 Å². The second-order valence-corrected chi connectivity index (χ2v) is 14.9. The highest BCUT2D eigenvalue weighted by molar-refractivity contribution is 9.10. The van der Waals surface area contributed by atoms with E-state index in [1.54, 1.807) is 36.4 Å². The van der Waals surface area contributed by atoms with Crippen LogP contribution in [0.15, 0.2) is 149 Å². The van der Waals surface area contributed by atoms with Crippen molar-refractivity contribution in [1.29, 1.82) is 0 Å². The number of thiazole rings is 1. The Morgan fingerprint density at radius 3 is 2.22 bits per heavy atom. The van der Waals surface area contributed by atoms with Crippen LogP contribution in [0, 0.1) is 13.8 Å². The van der Waals surface area contributed by atoms with Crippen LogP contribution in [0.2, 0.25) is 0 Å². The van der Waals surface area contributed by atoms with Gasteiger partial charge in [-0.2, -0.15) is 0 Å². The van der Waals surface area contributed by atoms with Crippen molar-refractivity contribution in [1.82, 2.24) is 10.3 Å². The van der Waals surface area contributed by atoms with Crippen LogP contribution in [0.3, 0.4) is 0 Å². The molecule has 51 heavy (non-hydrogen) atoms. The molecule has 0 spiro atoms. The minimum absolute atomic E-state index is 0.0743. The maximum Gasteiger partial charge on any atom is 0.272 e. The lowest BCUT2D eigenvalue weighted by molar-refractivity contribution is -0.116. The Morgan fingerprint density at radius 1 is 0.784 bits per heavy atom. The van der Waals surface area contributed by atoms with Crippen LogP contribution in [-0.4, -0.2) is 22.7 Å². The van der Waals surface area contributed by atoms with Crippen LogP contribution in [0.5, 0.6) is 0 Å². The number of carbonyl (C=O) groups excluding carboxylic acids is 3. The number of anilines is 2. The molecule has 1 heterocycles. The molecule has 0 bridgehead atoms. The van der Waals surface area contributed by atoms with Crippen molar-refractivity contribution < 1.29 is 14.4 Å². The lowest BCUT2D eigenvalue weighted by Gasteiger charge is -2.17. The molecule has 254 valence electrons. The standard InChI is InChI=1S/C41H33BrN4O3S2/c1-26-19-21-29(22-20-26)36-27(2)50-41(45-36)46-40(49)37(30-12-5-3-6-13-30)51-34-18-10-17-33(25-34)43-39(48)35(24-28-11-9-16-32(42)23-28)44-38(47)31-14-7-4-8-15-31/h3-25,37H,1-2H3,(H,43,48)(H,44,47)(H,45,46,49)/b35-24+. The van der Waals surface area contributed by atoms with Gasteiger partial charge in [-0.1, -0.05) is 112 Å². The third-order valence-corrected chi connectivity index (χ3v) is 10.4. The van der Waals surface area contributed by atoms with Gasteiger partial charge in [0.1, 0.15) is 10.9 Å². The number of carbonyl (C=O) groups is 3. The molecule has 1 aromatic heterocycles. The zero-order valence-corrected chi connectivity index (χ0v) is 30.9. The number of benzene rings is 5. The van der Waals surface area contributed by atoms with Crippen molar-refractivity contribution in [3.63, 3.8) is 0 Å². The molecule has 0 aliphatic carbocycles. The molecule has 3 amide bonds. The second-order valence-electron chi connectivity index (χ2n) is 11.6. The predicted molar refractivity (Wildman–Crippen MR) is 212 cm³/mol. The van der Waals surface area contributed by atoms with Gasteiger partial charge in [-0.3, -0.25) is 14.4 Å². The van der Waals surface area contributed by atoms with Crippen molar-refractivity contribution in [3.05, 3.63) is 171 Å². The summed E-state index contributed by atoms with van der Waals surface area (Å²) in [7, 11) is 0. The van der Waals surface area contributed by atoms with Crippen molar-refractivity contribution in [2.24, 2.45) is 0 Å². The number of amides is 3. The monoisotopic (exact) mass is 772 g/mol. The Balaban J connectivity index is 1.22. The Labute approximate surface area is 313 Å². The number of nitrogens with zero attached hydrogens (tertiary/aromatic N) is 1. The van der Waals surface area contributed by atoms with E-state index in [9.17, 15) is 14.4 Å². The van der Waals surface area contributed by atoms with Crippen LogP contribution >= 0.6 is 39.0 Å². The molecule has 7 nitrogen and oxygen atoms in total. The van der Waals surface area contributed by atoms with Crippen molar-refractivity contribution in [2.45, 2.75) is 24.0 Å². The summed E-state index contributed by atoms with van der Waals surface area (Å²) in [6, 6.07) is 41.1. The van der Waals surface area contributed by atoms with Gasteiger partial charge >= 0.3 is 0 Å². The maximum atomic E-state index is 13.9. The average molecular weight is 774 g/mol. The van der Waals surface area contributed by atoms with E-state index in [-0.39, 0.29) is 11.6 Å². The van der Waals surface area contributed by atoms with E-state index in [0.717, 1.165) is 36.6 Å². The first-order valence-corrected chi connectivity index (χ1v) is 18.5. The van der Waals surface area contributed by atoms with Crippen molar-refractivity contribution >= 4 is 73.6 Å².